The summed E-state index contributed by atoms with van der Waals surface area (Å²) in [7, 11) is 1.50. The van der Waals surface area contributed by atoms with Gasteiger partial charge in [0.25, 0.3) is 5.91 Å². The predicted octanol–water partition coefficient (Wildman–Crippen LogP) is 1.95. The van der Waals surface area contributed by atoms with Crippen molar-refractivity contribution in [3.63, 3.8) is 0 Å². The van der Waals surface area contributed by atoms with Gasteiger partial charge in [-0.25, -0.2) is 0 Å². The number of ether oxygens (including phenoxy) is 1. The summed E-state index contributed by atoms with van der Waals surface area (Å²) in [5.41, 5.74) is -1.77. The fourth-order valence-corrected chi connectivity index (χ4v) is 2.53. The highest BCUT2D eigenvalue weighted by Crippen LogP contribution is 2.36. The first kappa shape index (κ1) is 16.0. The molecular weight excluding hydrogens is 246 g/mol. The number of hydrogen-bond donors (Lipinski definition) is 2. The van der Waals surface area contributed by atoms with Crippen molar-refractivity contribution in [3.05, 3.63) is 0 Å². The van der Waals surface area contributed by atoms with E-state index in [1.807, 2.05) is 6.92 Å². The van der Waals surface area contributed by atoms with Gasteiger partial charge in [0.15, 0.2) is 0 Å². The first-order valence-corrected chi connectivity index (χ1v) is 6.89. The van der Waals surface area contributed by atoms with Gasteiger partial charge in [-0.3, -0.25) is 9.59 Å². The molecule has 5 nitrogen and oxygen atoms in total. The molecule has 5 heteroatoms. The lowest BCUT2D eigenvalue weighted by atomic mass is 9.71. The Kier molecular flexibility index (Phi) is 4.96. The maximum absolute atomic E-state index is 12.3. The molecular formula is C14H25NO4. The van der Waals surface area contributed by atoms with Gasteiger partial charge >= 0.3 is 5.97 Å². The molecule has 0 radical (unpaired) electrons. The van der Waals surface area contributed by atoms with Gasteiger partial charge in [0.05, 0.1) is 5.41 Å². The fourth-order valence-electron chi connectivity index (χ4n) is 2.53. The zero-order valence-corrected chi connectivity index (χ0v) is 12.3. The minimum Gasteiger partial charge on any atom is -0.481 e. The Morgan fingerprint density at radius 3 is 2.58 bits per heavy atom. The normalized spacial score (nSPS) is 30.4. The monoisotopic (exact) mass is 271 g/mol. The van der Waals surface area contributed by atoms with Crippen molar-refractivity contribution in [2.75, 3.05) is 7.11 Å². The van der Waals surface area contributed by atoms with Crippen LogP contribution < -0.4 is 5.32 Å². The number of carboxylic acid groups (broad SMARTS) is 1. The van der Waals surface area contributed by atoms with Crippen molar-refractivity contribution in [3.8, 4) is 0 Å². The third-order valence-corrected chi connectivity index (χ3v) is 4.61. The van der Waals surface area contributed by atoms with E-state index in [9.17, 15) is 14.7 Å². The molecule has 1 aliphatic rings. The van der Waals surface area contributed by atoms with Crippen LogP contribution in [0.2, 0.25) is 0 Å². The van der Waals surface area contributed by atoms with Gasteiger partial charge in [-0.15, -0.1) is 0 Å². The molecule has 0 saturated heterocycles. The zero-order chi connectivity index (χ0) is 14.7. The molecule has 19 heavy (non-hydrogen) atoms. The minimum atomic E-state index is -0.892. The van der Waals surface area contributed by atoms with Crippen molar-refractivity contribution < 1.29 is 19.4 Å². The summed E-state index contributed by atoms with van der Waals surface area (Å²) in [6.07, 6.45) is 3.70. The van der Waals surface area contributed by atoms with E-state index in [-0.39, 0.29) is 11.9 Å². The maximum atomic E-state index is 12.3. The summed E-state index contributed by atoms with van der Waals surface area (Å²) in [6.45, 7) is 5.32. The van der Waals surface area contributed by atoms with Gasteiger partial charge in [0, 0.05) is 13.2 Å². The summed E-state index contributed by atoms with van der Waals surface area (Å²) in [5.74, 6) is -1.06. The Labute approximate surface area is 114 Å². The van der Waals surface area contributed by atoms with Crippen molar-refractivity contribution >= 4 is 11.9 Å². The number of aliphatic carboxylic acids is 1. The van der Waals surface area contributed by atoms with Crippen LogP contribution in [0.25, 0.3) is 0 Å². The lowest BCUT2D eigenvalue weighted by molar-refractivity contribution is -0.154. The lowest BCUT2D eigenvalue weighted by Crippen LogP contribution is -2.57. The summed E-state index contributed by atoms with van der Waals surface area (Å²) in [4.78, 5) is 23.8. The van der Waals surface area contributed by atoms with Crippen LogP contribution in [0.4, 0.5) is 0 Å². The Morgan fingerprint density at radius 1 is 1.47 bits per heavy atom. The van der Waals surface area contributed by atoms with Crippen LogP contribution in [0, 0.1) is 5.41 Å². The average Bonchev–Trinajstić information content (AvgIpc) is 2.40. The first-order chi connectivity index (χ1) is 8.80. The van der Waals surface area contributed by atoms with Gasteiger partial charge in [-0.05, 0) is 33.1 Å². The first-order valence-electron chi connectivity index (χ1n) is 6.89. The van der Waals surface area contributed by atoms with E-state index in [1.165, 1.54) is 7.11 Å². The van der Waals surface area contributed by atoms with Gasteiger partial charge in [-0.1, -0.05) is 19.8 Å². The molecule has 0 aromatic rings. The molecule has 1 amide bonds. The lowest BCUT2D eigenvalue weighted by Gasteiger charge is -2.40. The smallest absolute Gasteiger partial charge is 0.311 e. The van der Waals surface area contributed by atoms with Crippen LogP contribution in [0.3, 0.4) is 0 Å². The fraction of sp³-hybridized carbons (Fsp3) is 0.857. The van der Waals surface area contributed by atoms with Crippen LogP contribution in [0.15, 0.2) is 0 Å². The quantitative estimate of drug-likeness (QED) is 0.801. The van der Waals surface area contributed by atoms with E-state index >= 15 is 0 Å². The van der Waals surface area contributed by atoms with E-state index in [2.05, 4.69) is 5.32 Å². The molecule has 0 aromatic heterocycles. The summed E-state index contributed by atoms with van der Waals surface area (Å²) < 4.78 is 5.26. The van der Waals surface area contributed by atoms with Crippen LogP contribution in [0.5, 0.6) is 0 Å². The number of carbonyl (C=O) groups is 2. The van der Waals surface area contributed by atoms with Gasteiger partial charge < -0.3 is 15.2 Å². The zero-order valence-electron chi connectivity index (χ0n) is 12.3. The molecule has 0 spiro atoms. The average molecular weight is 271 g/mol. The Balaban J connectivity index is 2.84. The van der Waals surface area contributed by atoms with Crippen molar-refractivity contribution in [1.29, 1.82) is 0 Å². The molecule has 1 rings (SSSR count). The highest BCUT2D eigenvalue weighted by Gasteiger charge is 2.45. The molecule has 2 N–H and O–H groups in total. The van der Waals surface area contributed by atoms with Crippen LogP contribution >= 0.6 is 0 Å². The van der Waals surface area contributed by atoms with Crippen LogP contribution in [0.1, 0.15) is 52.9 Å². The molecule has 3 atom stereocenters. The number of carbonyl (C=O) groups excluding carboxylic acids is 1. The van der Waals surface area contributed by atoms with Crippen LogP contribution in [-0.4, -0.2) is 35.7 Å². The standard InChI is InChI=1S/C14H25NO4/c1-5-14(3,19-4)11(16)15-10-8-6-7-9-13(10,2)12(17)18/h10H,5-9H2,1-4H3,(H,15,16)(H,17,18). The van der Waals surface area contributed by atoms with E-state index in [0.717, 1.165) is 12.8 Å². The van der Waals surface area contributed by atoms with E-state index in [0.29, 0.717) is 19.3 Å². The summed E-state index contributed by atoms with van der Waals surface area (Å²) >= 11 is 0. The molecule has 110 valence electrons. The van der Waals surface area contributed by atoms with Crippen LogP contribution in [-0.2, 0) is 14.3 Å². The Bertz CT molecular complexity index is 351. The second-order valence-corrected chi connectivity index (χ2v) is 5.78. The highest BCUT2D eigenvalue weighted by molar-refractivity contribution is 5.86. The highest BCUT2D eigenvalue weighted by atomic mass is 16.5. The number of carboxylic acids is 1. The second-order valence-electron chi connectivity index (χ2n) is 5.78. The molecule has 3 unspecified atom stereocenters. The second kappa shape index (κ2) is 5.90. The topological polar surface area (TPSA) is 75.6 Å². The molecule has 1 saturated carbocycles. The number of nitrogens with one attached hydrogen (secondary N) is 1. The molecule has 1 fully saturated rings. The molecule has 0 aliphatic heterocycles. The van der Waals surface area contributed by atoms with E-state index in [4.69, 9.17) is 4.74 Å². The van der Waals surface area contributed by atoms with Gasteiger partial charge in [0.2, 0.25) is 0 Å². The molecule has 1 aliphatic carbocycles. The summed E-state index contributed by atoms with van der Waals surface area (Å²) in [5, 5.41) is 12.3. The number of rotatable bonds is 5. The van der Waals surface area contributed by atoms with Gasteiger partial charge in [-0.2, -0.15) is 0 Å². The minimum absolute atomic E-state index is 0.225. The summed E-state index contributed by atoms with van der Waals surface area (Å²) in [6, 6.07) is -0.327. The van der Waals surface area contributed by atoms with Crippen molar-refractivity contribution in [2.24, 2.45) is 5.41 Å². The Hall–Kier alpha value is -1.10. The van der Waals surface area contributed by atoms with E-state index in [1.54, 1.807) is 13.8 Å². The molecule has 0 heterocycles. The number of methoxy groups -OCH3 is 1. The SMILES string of the molecule is CCC(C)(OC)C(=O)NC1CCCCC1(C)C(=O)O. The number of hydrogen-bond acceptors (Lipinski definition) is 3. The number of amides is 1. The predicted molar refractivity (Wildman–Crippen MR) is 71.8 cm³/mol. The van der Waals surface area contributed by atoms with E-state index < -0.39 is 17.0 Å². The Morgan fingerprint density at radius 2 is 2.11 bits per heavy atom. The third kappa shape index (κ3) is 3.08. The molecule has 0 bridgehead atoms. The van der Waals surface area contributed by atoms with Gasteiger partial charge in [0.1, 0.15) is 5.60 Å². The van der Waals surface area contributed by atoms with Crippen molar-refractivity contribution in [1.82, 2.24) is 5.32 Å². The molecule has 0 aromatic carbocycles. The third-order valence-electron chi connectivity index (χ3n) is 4.61. The maximum Gasteiger partial charge on any atom is 0.311 e. The van der Waals surface area contributed by atoms with Crippen molar-refractivity contribution in [2.45, 2.75) is 64.5 Å². The largest absolute Gasteiger partial charge is 0.481 e.